The number of methoxy groups -OCH3 is 2. The zero-order chi connectivity index (χ0) is 16.9. The van der Waals surface area contributed by atoms with Crippen molar-refractivity contribution in [3.05, 3.63) is 72.4 Å². The summed E-state index contributed by atoms with van der Waals surface area (Å²) in [6.07, 6.45) is 1.75. The molecule has 0 aliphatic heterocycles. The molecule has 1 heterocycles. The molecule has 0 bridgehead atoms. The number of rotatable bonds is 4. The van der Waals surface area contributed by atoms with Gasteiger partial charge in [-0.25, -0.2) is 4.79 Å². The van der Waals surface area contributed by atoms with E-state index in [-0.39, 0.29) is 5.97 Å². The minimum Gasteiger partial charge on any atom is -0.497 e. The highest BCUT2D eigenvalue weighted by Crippen LogP contribution is 2.30. The van der Waals surface area contributed by atoms with Gasteiger partial charge in [0.25, 0.3) is 0 Å². The highest BCUT2D eigenvalue weighted by molar-refractivity contribution is 5.98. The van der Waals surface area contributed by atoms with Gasteiger partial charge in [0.15, 0.2) is 0 Å². The van der Waals surface area contributed by atoms with Crippen molar-refractivity contribution in [2.24, 2.45) is 0 Å². The smallest absolute Gasteiger partial charge is 0.338 e. The molecule has 0 fully saturated rings. The van der Waals surface area contributed by atoms with Gasteiger partial charge in [-0.3, -0.25) is 4.98 Å². The van der Waals surface area contributed by atoms with Crippen LogP contribution in [-0.2, 0) is 4.74 Å². The van der Waals surface area contributed by atoms with Crippen LogP contribution in [0.4, 0.5) is 0 Å². The Labute approximate surface area is 140 Å². The van der Waals surface area contributed by atoms with Crippen LogP contribution in [0.1, 0.15) is 10.4 Å². The van der Waals surface area contributed by atoms with Crippen LogP contribution >= 0.6 is 0 Å². The Morgan fingerprint density at radius 3 is 2.29 bits per heavy atom. The lowest BCUT2D eigenvalue weighted by molar-refractivity contribution is 0.0601. The van der Waals surface area contributed by atoms with Gasteiger partial charge < -0.3 is 9.47 Å². The van der Waals surface area contributed by atoms with E-state index < -0.39 is 0 Å². The van der Waals surface area contributed by atoms with E-state index >= 15 is 0 Å². The fourth-order valence-electron chi connectivity index (χ4n) is 2.53. The van der Waals surface area contributed by atoms with Crippen LogP contribution in [0, 0.1) is 0 Å². The molecule has 0 radical (unpaired) electrons. The van der Waals surface area contributed by atoms with Gasteiger partial charge in [0.1, 0.15) is 5.75 Å². The Bertz CT molecular complexity index is 843. The fraction of sp³-hybridized carbons (Fsp3) is 0.100. The Morgan fingerprint density at radius 1 is 0.917 bits per heavy atom. The molecule has 0 unspecified atom stereocenters. The number of benzene rings is 2. The first-order valence-electron chi connectivity index (χ1n) is 7.51. The molecule has 120 valence electrons. The number of ether oxygens (including phenoxy) is 2. The van der Waals surface area contributed by atoms with Gasteiger partial charge in [-0.2, -0.15) is 0 Å². The van der Waals surface area contributed by atoms with E-state index in [4.69, 9.17) is 9.47 Å². The third-order valence-electron chi connectivity index (χ3n) is 3.79. The maximum absolute atomic E-state index is 12.1. The van der Waals surface area contributed by atoms with E-state index in [0.717, 1.165) is 28.1 Å². The minimum absolute atomic E-state index is 0.367. The van der Waals surface area contributed by atoms with Crippen molar-refractivity contribution in [3.8, 4) is 28.1 Å². The van der Waals surface area contributed by atoms with E-state index in [9.17, 15) is 4.79 Å². The predicted octanol–water partition coefficient (Wildman–Crippen LogP) is 4.21. The third kappa shape index (κ3) is 3.13. The first kappa shape index (κ1) is 15.7. The molecule has 0 saturated heterocycles. The second kappa shape index (κ2) is 6.96. The zero-order valence-electron chi connectivity index (χ0n) is 13.5. The molecule has 4 heteroatoms. The monoisotopic (exact) mass is 319 g/mol. The second-order valence-corrected chi connectivity index (χ2v) is 5.20. The normalized spacial score (nSPS) is 10.2. The van der Waals surface area contributed by atoms with E-state index in [2.05, 4.69) is 4.98 Å². The summed E-state index contributed by atoms with van der Waals surface area (Å²) < 4.78 is 10.1. The Balaban J connectivity index is 2.13. The van der Waals surface area contributed by atoms with Crippen LogP contribution in [0.15, 0.2) is 66.9 Å². The lowest BCUT2D eigenvalue weighted by atomic mass is 9.96. The second-order valence-electron chi connectivity index (χ2n) is 5.20. The number of hydrogen-bond acceptors (Lipinski definition) is 4. The molecule has 0 atom stereocenters. The van der Waals surface area contributed by atoms with Gasteiger partial charge in [0, 0.05) is 11.8 Å². The third-order valence-corrected chi connectivity index (χ3v) is 3.79. The fourth-order valence-corrected chi connectivity index (χ4v) is 2.53. The molecule has 1 aromatic heterocycles. The molecule has 0 N–H and O–H groups in total. The lowest BCUT2D eigenvalue weighted by Crippen LogP contribution is -2.04. The number of carbonyl (C=O) groups is 1. The van der Waals surface area contributed by atoms with Gasteiger partial charge in [-0.1, -0.05) is 24.3 Å². The summed E-state index contributed by atoms with van der Waals surface area (Å²) in [6.45, 7) is 0. The van der Waals surface area contributed by atoms with Crippen molar-refractivity contribution in [2.45, 2.75) is 0 Å². The summed E-state index contributed by atoms with van der Waals surface area (Å²) in [5.41, 5.74) is 4.02. The SMILES string of the molecule is COC(=O)c1ccc(-c2ccccn2)cc1-c1ccc(OC)cc1. The summed E-state index contributed by atoms with van der Waals surface area (Å²) in [7, 11) is 3.00. The molecule has 4 nitrogen and oxygen atoms in total. The van der Waals surface area contributed by atoms with E-state index in [1.54, 1.807) is 19.4 Å². The molecule has 0 amide bonds. The van der Waals surface area contributed by atoms with Crippen molar-refractivity contribution < 1.29 is 14.3 Å². The van der Waals surface area contributed by atoms with Gasteiger partial charge in [-0.15, -0.1) is 0 Å². The van der Waals surface area contributed by atoms with Crippen molar-refractivity contribution in [1.29, 1.82) is 0 Å². The molecule has 24 heavy (non-hydrogen) atoms. The maximum Gasteiger partial charge on any atom is 0.338 e. The maximum atomic E-state index is 12.1. The molecule has 0 saturated carbocycles. The van der Waals surface area contributed by atoms with Crippen molar-refractivity contribution in [2.75, 3.05) is 14.2 Å². The molecule has 3 rings (SSSR count). The van der Waals surface area contributed by atoms with Crippen LogP contribution in [0.5, 0.6) is 5.75 Å². The number of esters is 1. The summed E-state index contributed by atoms with van der Waals surface area (Å²) in [5.74, 6) is 0.396. The molecule has 0 aliphatic carbocycles. The summed E-state index contributed by atoms with van der Waals surface area (Å²) in [5, 5.41) is 0. The zero-order valence-corrected chi connectivity index (χ0v) is 13.5. The largest absolute Gasteiger partial charge is 0.497 e. The van der Waals surface area contributed by atoms with E-state index in [1.165, 1.54) is 7.11 Å². The van der Waals surface area contributed by atoms with Crippen LogP contribution in [0.3, 0.4) is 0 Å². The molecule has 0 aliphatic rings. The summed E-state index contributed by atoms with van der Waals surface area (Å²) in [6, 6.07) is 18.9. The first-order valence-corrected chi connectivity index (χ1v) is 7.51. The van der Waals surface area contributed by atoms with Crippen molar-refractivity contribution in [3.63, 3.8) is 0 Å². The van der Waals surface area contributed by atoms with Crippen LogP contribution in [0.2, 0.25) is 0 Å². The van der Waals surface area contributed by atoms with Gasteiger partial charge >= 0.3 is 5.97 Å². The number of carbonyl (C=O) groups excluding carboxylic acids is 1. The standard InChI is InChI=1S/C20H17NO3/c1-23-16-9-6-14(7-10-16)18-13-15(19-5-3-4-12-21-19)8-11-17(18)20(22)24-2/h3-13H,1-2H3. The predicted molar refractivity (Wildman–Crippen MR) is 93.0 cm³/mol. The number of aromatic nitrogens is 1. The molecule has 0 spiro atoms. The number of hydrogen-bond donors (Lipinski definition) is 0. The Morgan fingerprint density at radius 2 is 1.67 bits per heavy atom. The van der Waals surface area contributed by atoms with Crippen molar-refractivity contribution in [1.82, 2.24) is 4.98 Å². The average molecular weight is 319 g/mol. The summed E-state index contributed by atoms with van der Waals surface area (Å²) >= 11 is 0. The van der Waals surface area contributed by atoms with E-state index in [1.807, 2.05) is 54.6 Å². The Kier molecular flexibility index (Phi) is 4.57. The Hall–Kier alpha value is -3.14. The lowest BCUT2D eigenvalue weighted by Gasteiger charge is -2.11. The molecule has 3 aromatic rings. The highest BCUT2D eigenvalue weighted by Gasteiger charge is 2.15. The van der Waals surface area contributed by atoms with Crippen molar-refractivity contribution >= 4 is 5.97 Å². The van der Waals surface area contributed by atoms with Gasteiger partial charge in [-0.05, 0) is 47.5 Å². The quantitative estimate of drug-likeness (QED) is 0.676. The number of pyridine rings is 1. The van der Waals surface area contributed by atoms with Crippen LogP contribution in [0.25, 0.3) is 22.4 Å². The highest BCUT2D eigenvalue weighted by atomic mass is 16.5. The topological polar surface area (TPSA) is 48.4 Å². The minimum atomic E-state index is -0.367. The average Bonchev–Trinajstić information content (AvgIpc) is 2.67. The number of nitrogens with zero attached hydrogens (tertiary/aromatic N) is 1. The first-order chi connectivity index (χ1) is 11.7. The van der Waals surface area contributed by atoms with Crippen LogP contribution < -0.4 is 4.74 Å². The van der Waals surface area contributed by atoms with E-state index in [0.29, 0.717) is 5.56 Å². The molecular weight excluding hydrogens is 302 g/mol. The molecule has 2 aromatic carbocycles. The van der Waals surface area contributed by atoms with Gasteiger partial charge in [0.2, 0.25) is 0 Å². The van der Waals surface area contributed by atoms with Crippen LogP contribution in [-0.4, -0.2) is 25.2 Å². The van der Waals surface area contributed by atoms with Gasteiger partial charge in [0.05, 0.1) is 25.5 Å². The molecular formula is C20H17NO3. The summed E-state index contributed by atoms with van der Waals surface area (Å²) in [4.78, 5) is 16.5.